The van der Waals surface area contributed by atoms with Crippen molar-refractivity contribution in [1.29, 1.82) is 0 Å². The molecule has 2 heterocycles. The summed E-state index contributed by atoms with van der Waals surface area (Å²) in [5, 5.41) is 0. The fourth-order valence-electron chi connectivity index (χ4n) is 7.22. The summed E-state index contributed by atoms with van der Waals surface area (Å²) in [4.78, 5) is 4.99. The molecule has 212 valence electrons. The van der Waals surface area contributed by atoms with Gasteiger partial charge in [0.2, 0.25) is 0 Å². The lowest BCUT2D eigenvalue weighted by Gasteiger charge is -2.44. The van der Waals surface area contributed by atoms with Crippen molar-refractivity contribution in [3.05, 3.63) is 149 Å². The van der Waals surface area contributed by atoms with Crippen LogP contribution in [0.1, 0.15) is 27.8 Å². The molecule has 0 fully saturated rings. The molecule has 0 saturated carbocycles. The van der Waals surface area contributed by atoms with Crippen molar-refractivity contribution >= 4 is 57.2 Å². The second kappa shape index (κ2) is 10.0. The van der Waals surface area contributed by atoms with Crippen molar-refractivity contribution < 1.29 is 0 Å². The zero-order valence-electron chi connectivity index (χ0n) is 26.0. The first-order valence-electron chi connectivity index (χ1n) is 15.6. The second-order valence-electron chi connectivity index (χ2n) is 12.7. The van der Waals surface area contributed by atoms with Crippen LogP contribution in [0.3, 0.4) is 0 Å². The van der Waals surface area contributed by atoms with E-state index in [1.807, 2.05) is 0 Å². The molecule has 6 aromatic rings. The van der Waals surface area contributed by atoms with Gasteiger partial charge in [-0.1, -0.05) is 101 Å². The lowest BCUT2D eigenvalue weighted by molar-refractivity contribution is 1.24. The van der Waals surface area contributed by atoms with Crippen LogP contribution in [0.15, 0.2) is 121 Å². The largest absolute Gasteiger partial charge is 0.311 e. The third kappa shape index (κ3) is 4.11. The Balaban J connectivity index is 1.45. The van der Waals surface area contributed by atoms with Crippen molar-refractivity contribution in [1.82, 2.24) is 0 Å². The van der Waals surface area contributed by atoms with Crippen LogP contribution in [-0.4, -0.2) is 6.71 Å². The van der Waals surface area contributed by atoms with E-state index in [0.29, 0.717) is 0 Å². The van der Waals surface area contributed by atoms with Crippen LogP contribution in [0.5, 0.6) is 0 Å². The van der Waals surface area contributed by atoms with Gasteiger partial charge in [-0.15, -0.1) is 0 Å². The first-order chi connectivity index (χ1) is 21.4. The molecule has 2 aliphatic rings. The highest BCUT2D eigenvalue weighted by molar-refractivity contribution is 7.00. The molecule has 2 nitrogen and oxygen atoms in total. The summed E-state index contributed by atoms with van der Waals surface area (Å²) >= 11 is 0. The third-order valence-corrected chi connectivity index (χ3v) is 9.35. The Labute approximate surface area is 261 Å². The standard InChI is InChI=1S/C41H35BN2/c1-26-9-16-31(17-10-26)33-23-28(3)13-20-36(33)44-38-22-15-30(5)25-35(38)42-34-24-29(4)14-21-37(34)43(32-18-11-27(2)12-19-32)39-7-6-8-40(44)41(39)42/h6-25H,1-5H3. The fourth-order valence-corrected chi connectivity index (χ4v) is 7.22. The molecular weight excluding hydrogens is 531 g/mol. The Morgan fingerprint density at radius 2 is 0.886 bits per heavy atom. The second-order valence-corrected chi connectivity index (χ2v) is 12.7. The minimum Gasteiger partial charge on any atom is -0.311 e. The molecule has 0 amide bonds. The number of hydrogen-bond acceptors (Lipinski definition) is 2. The molecule has 2 aliphatic heterocycles. The van der Waals surface area contributed by atoms with Gasteiger partial charge in [-0.25, -0.2) is 0 Å². The first kappa shape index (κ1) is 26.6. The van der Waals surface area contributed by atoms with E-state index in [1.165, 1.54) is 89.5 Å². The molecule has 0 spiro atoms. The van der Waals surface area contributed by atoms with Crippen LogP contribution in [0.25, 0.3) is 11.1 Å². The Hall–Kier alpha value is -5.02. The lowest BCUT2D eigenvalue weighted by Crippen LogP contribution is -2.61. The van der Waals surface area contributed by atoms with Crippen molar-refractivity contribution in [2.75, 3.05) is 9.80 Å². The molecule has 0 saturated heterocycles. The van der Waals surface area contributed by atoms with E-state index in [0.717, 1.165) is 0 Å². The lowest BCUT2D eigenvalue weighted by atomic mass is 9.33. The average molecular weight is 567 g/mol. The van der Waals surface area contributed by atoms with Gasteiger partial charge in [-0.05, 0) is 105 Å². The Bertz CT molecular complexity index is 2070. The van der Waals surface area contributed by atoms with E-state index in [-0.39, 0.29) is 6.71 Å². The van der Waals surface area contributed by atoms with Crippen molar-refractivity contribution in [2.24, 2.45) is 0 Å². The van der Waals surface area contributed by atoms with E-state index < -0.39 is 0 Å². The van der Waals surface area contributed by atoms with Crippen molar-refractivity contribution in [3.63, 3.8) is 0 Å². The van der Waals surface area contributed by atoms with Crippen LogP contribution in [0.4, 0.5) is 34.1 Å². The summed E-state index contributed by atoms with van der Waals surface area (Å²) in [7, 11) is 0. The number of aryl methyl sites for hydroxylation is 5. The first-order valence-corrected chi connectivity index (χ1v) is 15.6. The van der Waals surface area contributed by atoms with Gasteiger partial charge in [0.15, 0.2) is 0 Å². The average Bonchev–Trinajstić information content (AvgIpc) is 3.02. The molecule has 0 N–H and O–H groups in total. The van der Waals surface area contributed by atoms with Crippen LogP contribution in [-0.2, 0) is 0 Å². The maximum atomic E-state index is 2.52. The monoisotopic (exact) mass is 566 g/mol. The topological polar surface area (TPSA) is 6.48 Å². The minimum atomic E-state index is 0.136. The predicted molar refractivity (Wildman–Crippen MR) is 190 cm³/mol. The molecule has 0 atom stereocenters. The molecule has 8 rings (SSSR count). The molecule has 0 unspecified atom stereocenters. The van der Waals surface area contributed by atoms with Gasteiger partial charge < -0.3 is 9.80 Å². The molecule has 6 aromatic carbocycles. The number of benzene rings is 6. The highest BCUT2D eigenvalue weighted by atomic mass is 15.2. The fraction of sp³-hybridized carbons (Fsp3) is 0.122. The summed E-state index contributed by atoms with van der Waals surface area (Å²) in [5.74, 6) is 0. The predicted octanol–water partition coefficient (Wildman–Crippen LogP) is 8.98. The van der Waals surface area contributed by atoms with Crippen LogP contribution in [0, 0.1) is 34.6 Å². The van der Waals surface area contributed by atoms with E-state index >= 15 is 0 Å². The van der Waals surface area contributed by atoms with E-state index in [1.54, 1.807) is 0 Å². The molecule has 0 bridgehead atoms. The molecule has 0 aliphatic carbocycles. The van der Waals surface area contributed by atoms with E-state index in [4.69, 9.17) is 0 Å². The summed E-state index contributed by atoms with van der Waals surface area (Å²) in [5.41, 5.74) is 20.3. The van der Waals surface area contributed by atoms with Gasteiger partial charge in [0, 0.05) is 34.0 Å². The Kier molecular flexibility index (Phi) is 6.06. The number of rotatable bonds is 3. The third-order valence-electron chi connectivity index (χ3n) is 9.35. The van der Waals surface area contributed by atoms with Gasteiger partial charge in [0.1, 0.15) is 0 Å². The van der Waals surface area contributed by atoms with Crippen LogP contribution < -0.4 is 26.2 Å². The smallest absolute Gasteiger partial charge is 0.252 e. The summed E-state index contributed by atoms with van der Waals surface area (Å²) < 4.78 is 0. The van der Waals surface area contributed by atoms with Gasteiger partial charge in [-0.3, -0.25) is 0 Å². The van der Waals surface area contributed by atoms with Gasteiger partial charge >= 0.3 is 0 Å². The van der Waals surface area contributed by atoms with Crippen molar-refractivity contribution in [3.8, 4) is 11.1 Å². The number of hydrogen-bond donors (Lipinski definition) is 0. The SMILES string of the molecule is Cc1ccc(-c2cc(C)ccc2N2c3ccc(C)cc3B3c4cc(C)ccc4N(c4ccc(C)cc4)c4cccc2c43)cc1. The molecule has 3 heteroatoms. The number of anilines is 6. The number of nitrogens with zero attached hydrogens (tertiary/aromatic N) is 2. The quantitative estimate of drug-likeness (QED) is 0.197. The van der Waals surface area contributed by atoms with Gasteiger partial charge in [0.25, 0.3) is 6.71 Å². The highest BCUT2D eigenvalue weighted by Crippen LogP contribution is 2.46. The van der Waals surface area contributed by atoms with Crippen LogP contribution >= 0.6 is 0 Å². The molecular formula is C41H35BN2. The minimum absolute atomic E-state index is 0.136. The summed E-state index contributed by atoms with van der Waals surface area (Å²) in [6, 6.07) is 45.7. The Morgan fingerprint density at radius 1 is 0.409 bits per heavy atom. The zero-order valence-corrected chi connectivity index (χ0v) is 26.0. The maximum absolute atomic E-state index is 2.52. The summed E-state index contributed by atoms with van der Waals surface area (Å²) in [6.45, 7) is 11.1. The molecule has 0 radical (unpaired) electrons. The molecule has 0 aromatic heterocycles. The van der Waals surface area contributed by atoms with E-state index in [9.17, 15) is 0 Å². The normalized spacial score (nSPS) is 13.0. The molecule has 44 heavy (non-hydrogen) atoms. The Morgan fingerprint density at radius 3 is 1.50 bits per heavy atom. The highest BCUT2D eigenvalue weighted by Gasteiger charge is 2.43. The zero-order chi connectivity index (χ0) is 30.1. The summed E-state index contributed by atoms with van der Waals surface area (Å²) in [6.07, 6.45) is 0. The van der Waals surface area contributed by atoms with Crippen molar-refractivity contribution in [2.45, 2.75) is 34.6 Å². The maximum Gasteiger partial charge on any atom is 0.252 e. The van der Waals surface area contributed by atoms with E-state index in [2.05, 4.69) is 166 Å². The van der Waals surface area contributed by atoms with Gasteiger partial charge in [-0.2, -0.15) is 0 Å². The van der Waals surface area contributed by atoms with Crippen LogP contribution in [0.2, 0.25) is 0 Å². The van der Waals surface area contributed by atoms with Gasteiger partial charge in [0.05, 0.1) is 5.69 Å². The number of fused-ring (bicyclic) bond motifs is 4.